The molecular weight excluding hydrogens is 353 g/mol. The lowest BCUT2D eigenvalue weighted by atomic mass is 10.1. The van der Waals surface area contributed by atoms with Crippen LogP contribution in [0.2, 0.25) is 0 Å². The van der Waals surface area contributed by atoms with Crippen molar-refractivity contribution in [3.05, 3.63) is 41.5 Å². The molecule has 0 aliphatic carbocycles. The summed E-state index contributed by atoms with van der Waals surface area (Å²) in [6, 6.07) is 4.77. The second-order valence-electron chi connectivity index (χ2n) is 6.64. The van der Waals surface area contributed by atoms with Crippen LogP contribution in [0.3, 0.4) is 0 Å². The second kappa shape index (κ2) is 6.82. The van der Waals surface area contributed by atoms with E-state index in [1.165, 1.54) is 12.1 Å². The number of urea groups is 1. The van der Waals surface area contributed by atoms with Crippen molar-refractivity contribution in [2.45, 2.75) is 31.8 Å². The zero-order valence-corrected chi connectivity index (χ0v) is 14.4. The maximum atomic E-state index is 13.4. The number of nitrogens with zero attached hydrogens (tertiary/aromatic N) is 2. The van der Waals surface area contributed by atoms with Gasteiger partial charge >= 0.3 is 6.03 Å². The van der Waals surface area contributed by atoms with Crippen LogP contribution >= 0.6 is 0 Å². The van der Waals surface area contributed by atoms with Crippen molar-refractivity contribution in [2.75, 3.05) is 6.54 Å². The second-order valence-corrected chi connectivity index (χ2v) is 6.64. The molecule has 0 saturated carbocycles. The minimum absolute atomic E-state index is 0.113. The number of carbonyl (C=O) groups excluding carboxylic acids is 3. The molecule has 9 heteroatoms. The molecular formula is C18H18FN5O3. The summed E-state index contributed by atoms with van der Waals surface area (Å²) in [5.74, 6) is -0.401. The lowest BCUT2D eigenvalue weighted by molar-refractivity contribution is -0.134. The molecule has 0 spiro atoms. The van der Waals surface area contributed by atoms with Gasteiger partial charge in [-0.15, -0.1) is 0 Å². The number of carbonyl (C=O) groups is 3. The van der Waals surface area contributed by atoms with Gasteiger partial charge in [0.2, 0.25) is 11.8 Å². The van der Waals surface area contributed by atoms with Crippen molar-refractivity contribution in [1.82, 2.24) is 25.5 Å². The molecule has 1 saturated heterocycles. The van der Waals surface area contributed by atoms with E-state index in [1.807, 2.05) is 0 Å². The van der Waals surface area contributed by atoms with Crippen LogP contribution in [0.15, 0.2) is 24.3 Å². The number of benzene rings is 1. The summed E-state index contributed by atoms with van der Waals surface area (Å²) in [6.07, 6.45) is 0.935. The van der Waals surface area contributed by atoms with E-state index in [1.54, 1.807) is 17.0 Å². The Kier molecular flexibility index (Phi) is 4.35. The van der Waals surface area contributed by atoms with Crippen molar-refractivity contribution in [1.29, 1.82) is 0 Å². The fraction of sp³-hybridized carbons (Fsp3) is 0.333. The van der Waals surface area contributed by atoms with Crippen LogP contribution in [0.4, 0.5) is 9.18 Å². The van der Waals surface area contributed by atoms with Crippen LogP contribution in [0.25, 0.3) is 11.4 Å². The first-order chi connectivity index (χ1) is 13.0. The number of hydrogen-bond donors (Lipinski definition) is 3. The number of amides is 4. The average Bonchev–Trinajstić information content (AvgIpc) is 2.99. The van der Waals surface area contributed by atoms with Gasteiger partial charge in [0.15, 0.2) is 0 Å². The number of fused-ring (bicyclic) bond motifs is 1. The third-order valence-corrected chi connectivity index (χ3v) is 4.76. The van der Waals surface area contributed by atoms with Gasteiger partial charge in [0, 0.05) is 24.9 Å². The molecule has 140 valence electrons. The van der Waals surface area contributed by atoms with E-state index in [2.05, 4.69) is 20.6 Å². The Hall–Kier alpha value is -3.23. The maximum Gasteiger partial charge on any atom is 0.322 e. The number of hydrogen-bond acceptors (Lipinski definition) is 4. The summed E-state index contributed by atoms with van der Waals surface area (Å²) < 4.78 is 13.4. The van der Waals surface area contributed by atoms with E-state index in [0.29, 0.717) is 30.9 Å². The molecule has 0 bridgehead atoms. The smallest absolute Gasteiger partial charge is 0.322 e. The Labute approximate surface area is 154 Å². The van der Waals surface area contributed by atoms with Crippen LogP contribution < -0.4 is 10.6 Å². The summed E-state index contributed by atoms with van der Waals surface area (Å²) in [5, 5.41) is 4.70. The van der Waals surface area contributed by atoms with Crippen LogP contribution in [0, 0.1) is 5.82 Å². The maximum absolute atomic E-state index is 13.4. The summed E-state index contributed by atoms with van der Waals surface area (Å²) in [5.41, 5.74) is 2.28. The molecule has 1 fully saturated rings. The predicted octanol–water partition coefficient (Wildman–Crippen LogP) is 1.09. The van der Waals surface area contributed by atoms with Crippen molar-refractivity contribution in [3.8, 4) is 11.4 Å². The minimum atomic E-state index is -0.733. The van der Waals surface area contributed by atoms with Gasteiger partial charge in [0.1, 0.15) is 17.7 Å². The van der Waals surface area contributed by atoms with Crippen LogP contribution in [0.1, 0.15) is 24.2 Å². The first kappa shape index (κ1) is 17.2. The highest BCUT2D eigenvalue weighted by Crippen LogP contribution is 2.24. The van der Waals surface area contributed by atoms with Gasteiger partial charge in [0.25, 0.3) is 0 Å². The normalized spacial score (nSPS) is 19.7. The summed E-state index contributed by atoms with van der Waals surface area (Å²) in [4.78, 5) is 45.1. The van der Waals surface area contributed by atoms with E-state index in [4.69, 9.17) is 0 Å². The van der Waals surface area contributed by atoms with Gasteiger partial charge in [-0.05, 0) is 18.6 Å². The van der Waals surface area contributed by atoms with Gasteiger partial charge in [-0.25, -0.2) is 14.2 Å². The number of imide groups is 1. The Bertz CT molecular complexity index is 925. The molecule has 4 rings (SSSR count). The molecule has 2 aromatic rings. The Morgan fingerprint density at radius 3 is 2.93 bits per heavy atom. The summed E-state index contributed by atoms with van der Waals surface area (Å²) >= 11 is 0. The third-order valence-electron chi connectivity index (χ3n) is 4.76. The molecule has 1 aromatic heterocycles. The number of H-pyrrole nitrogens is 1. The highest BCUT2D eigenvalue weighted by molar-refractivity contribution is 5.98. The predicted molar refractivity (Wildman–Crippen MR) is 92.8 cm³/mol. The largest absolute Gasteiger partial charge is 0.340 e. The molecule has 3 heterocycles. The molecule has 8 nitrogen and oxygen atoms in total. The van der Waals surface area contributed by atoms with Gasteiger partial charge < -0.3 is 15.2 Å². The van der Waals surface area contributed by atoms with Gasteiger partial charge in [-0.2, -0.15) is 0 Å². The monoisotopic (exact) mass is 371 g/mol. The zero-order valence-electron chi connectivity index (χ0n) is 14.4. The molecule has 27 heavy (non-hydrogen) atoms. The Morgan fingerprint density at radius 1 is 1.26 bits per heavy atom. The number of aromatic amines is 1. The lowest BCUT2D eigenvalue weighted by Crippen LogP contribution is -2.50. The first-order valence-corrected chi connectivity index (χ1v) is 8.72. The Balaban J connectivity index is 1.50. The van der Waals surface area contributed by atoms with E-state index in [9.17, 15) is 18.8 Å². The van der Waals surface area contributed by atoms with Gasteiger partial charge in [0.05, 0.1) is 17.9 Å². The highest BCUT2D eigenvalue weighted by atomic mass is 19.1. The molecule has 0 unspecified atom stereocenters. The van der Waals surface area contributed by atoms with Gasteiger partial charge in [-0.1, -0.05) is 12.1 Å². The van der Waals surface area contributed by atoms with E-state index in [-0.39, 0.29) is 24.6 Å². The average molecular weight is 371 g/mol. The standard InChI is InChI=1S/C18H18FN5O3/c19-11-3-1-2-10(8-11)16-20-12-6-7-24(9-14(12)21-16)17(26)13-4-5-15(25)23-18(27)22-13/h1-3,8,13H,4-7,9H2,(H,20,21)(H2,22,23,25,27)/t13-/m0/s1. The van der Waals surface area contributed by atoms with E-state index < -0.39 is 18.0 Å². The minimum Gasteiger partial charge on any atom is -0.340 e. The molecule has 1 aromatic carbocycles. The molecule has 4 amide bonds. The van der Waals surface area contributed by atoms with Crippen molar-refractivity contribution in [2.24, 2.45) is 0 Å². The van der Waals surface area contributed by atoms with Crippen LogP contribution in [-0.2, 0) is 22.6 Å². The molecule has 3 N–H and O–H groups in total. The summed E-state index contributed by atoms with van der Waals surface area (Å²) in [7, 11) is 0. The van der Waals surface area contributed by atoms with Crippen LogP contribution in [0.5, 0.6) is 0 Å². The number of aromatic nitrogens is 2. The molecule has 0 radical (unpaired) electrons. The van der Waals surface area contributed by atoms with Gasteiger partial charge in [-0.3, -0.25) is 14.9 Å². The fourth-order valence-corrected chi connectivity index (χ4v) is 3.39. The number of imidazole rings is 1. The van der Waals surface area contributed by atoms with Crippen molar-refractivity contribution >= 4 is 17.8 Å². The van der Waals surface area contributed by atoms with Crippen molar-refractivity contribution in [3.63, 3.8) is 0 Å². The highest BCUT2D eigenvalue weighted by Gasteiger charge is 2.32. The third kappa shape index (κ3) is 3.53. The first-order valence-electron chi connectivity index (χ1n) is 8.72. The van der Waals surface area contributed by atoms with E-state index >= 15 is 0 Å². The topological polar surface area (TPSA) is 107 Å². The number of nitrogens with one attached hydrogen (secondary N) is 3. The van der Waals surface area contributed by atoms with Crippen LogP contribution in [-0.4, -0.2) is 45.3 Å². The summed E-state index contributed by atoms with van der Waals surface area (Å²) in [6.45, 7) is 0.789. The van der Waals surface area contributed by atoms with E-state index in [0.717, 1.165) is 11.4 Å². The fourth-order valence-electron chi connectivity index (χ4n) is 3.39. The number of halogens is 1. The number of rotatable bonds is 2. The Morgan fingerprint density at radius 2 is 2.11 bits per heavy atom. The SMILES string of the molecule is O=C1CC[C@@H](C(=O)N2CCc3nc(-c4cccc(F)c4)[nH]c3C2)NC(=O)N1. The van der Waals surface area contributed by atoms with Crippen molar-refractivity contribution < 1.29 is 18.8 Å². The quantitative estimate of drug-likeness (QED) is 0.734. The molecule has 1 atom stereocenters. The molecule has 2 aliphatic heterocycles. The molecule has 2 aliphatic rings. The zero-order chi connectivity index (χ0) is 19.0. The lowest BCUT2D eigenvalue weighted by Gasteiger charge is -2.29.